The van der Waals surface area contributed by atoms with Crippen molar-refractivity contribution in [2.24, 2.45) is 0 Å². The zero-order chi connectivity index (χ0) is 20.4. The van der Waals surface area contributed by atoms with Crippen LogP contribution >= 0.6 is 0 Å². The third kappa shape index (κ3) is 4.55. The number of halogens is 2. The second-order valence-corrected chi connectivity index (χ2v) is 7.61. The molecule has 7 nitrogen and oxygen atoms in total. The number of nitrogens with one attached hydrogen (secondary N) is 3. The van der Waals surface area contributed by atoms with Gasteiger partial charge in [-0.15, -0.1) is 0 Å². The average Bonchev–Trinajstić information content (AvgIpc) is 3.30. The van der Waals surface area contributed by atoms with E-state index in [1.165, 1.54) is 18.3 Å². The highest BCUT2D eigenvalue weighted by Crippen LogP contribution is 2.36. The van der Waals surface area contributed by atoms with Crippen LogP contribution in [0.4, 0.5) is 25.1 Å². The summed E-state index contributed by atoms with van der Waals surface area (Å²) in [6, 6.07) is 4.46. The third-order valence-electron chi connectivity index (χ3n) is 5.25. The average molecular weight is 403 g/mol. The highest BCUT2D eigenvalue weighted by molar-refractivity contribution is 5.67. The van der Waals surface area contributed by atoms with Crippen molar-refractivity contribution >= 4 is 17.6 Å². The summed E-state index contributed by atoms with van der Waals surface area (Å²) in [5.41, 5.74) is 1.04. The molecule has 3 heterocycles. The Morgan fingerprint density at radius 2 is 2.14 bits per heavy atom. The first kappa shape index (κ1) is 19.4. The number of aromatic amines is 1. The highest BCUT2D eigenvalue weighted by Gasteiger charge is 2.31. The van der Waals surface area contributed by atoms with Gasteiger partial charge < -0.3 is 15.4 Å². The van der Waals surface area contributed by atoms with Gasteiger partial charge >= 0.3 is 12.0 Å². The molecule has 2 aromatic rings. The number of ether oxygens (including phenoxy) is 1. The van der Waals surface area contributed by atoms with Gasteiger partial charge in [0.2, 0.25) is 0 Å². The van der Waals surface area contributed by atoms with E-state index >= 15 is 0 Å². The van der Waals surface area contributed by atoms with E-state index in [4.69, 9.17) is 4.74 Å². The molecule has 29 heavy (non-hydrogen) atoms. The number of nitrogens with zero attached hydrogens (tertiary/aromatic N) is 2. The predicted octanol–water partition coefficient (Wildman–Crippen LogP) is 4.35. The molecule has 0 unspecified atom stereocenters. The minimum atomic E-state index is -3.24. The molecule has 2 aliphatic rings. The number of alkyl carbamates (subject to hydrolysis) is 1. The molecule has 3 N–H and O–H groups in total. The van der Waals surface area contributed by atoms with E-state index in [2.05, 4.69) is 25.8 Å². The first-order chi connectivity index (χ1) is 13.9. The van der Waals surface area contributed by atoms with E-state index < -0.39 is 12.0 Å². The molecule has 154 valence electrons. The molecule has 3 atom stereocenters. The van der Waals surface area contributed by atoms with Gasteiger partial charge in [-0.3, -0.25) is 10.1 Å². The van der Waals surface area contributed by atoms with Crippen LogP contribution in [-0.2, 0) is 10.7 Å². The summed E-state index contributed by atoms with van der Waals surface area (Å²) in [4.78, 5) is 15.9. The van der Waals surface area contributed by atoms with Crippen LogP contribution in [0.2, 0.25) is 0 Å². The van der Waals surface area contributed by atoms with Crippen molar-refractivity contribution in [1.29, 1.82) is 0 Å². The standard InChI is InChI=1S/C20H23F2N5O2/c1-12-3-2-7-20(21,22)17-10-14(6-8-23-17)25-18-11-16(26-27-18)13-4-5-15(9-13)29-19(28)24-12/h2,6-8,10-13,15H,3-5,9H2,1H3,(H,24,28)(H2,25,26,27)/b7-2-/t12-,13-,15+/m0/s1. The van der Waals surface area contributed by atoms with E-state index in [1.54, 1.807) is 13.0 Å². The molecule has 6 bridgehead atoms. The van der Waals surface area contributed by atoms with Crippen LogP contribution < -0.4 is 10.6 Å². The van der Waals surface area contributed by atoms with Crippen molar-refractivity contribution in [3.63, 3.8) is 0 Å². The first-order valence-electron chi connectivity index (χ1n) is 9.70. The molecule has 1 saturated carbocycles. The van der Waals surface area contributed by atoms with Crippen molar-refractivity contribution in [2.45, 2.75) is 56.6 Å². The fraction of sp³-hybridized carbons (Fsp3) is 0.450. The van der Waals surface area contributed by atoms with Crippen LogP contribution in [0.1, 0.15) is 49.9 Å². The highest BCUT2D eigenvalue weighted by atomic mass is 19.3. The molecule has 1 fully saturated rings. The minimum Gasteiger partial charge on any atom is -0.446 e. The van der Waals surface area contributed by atoms with Crippen LogP contribution in [0.5, 0.6) is 0 Å². The van der Waals surface area contributed by atoms with Crippen LogP contribution in [0.15, 0.2) is 36.5 Å². The molecule has 0 saturated heterocycles. The smallest absolute Gasteiger partial charge is 0.407 e. The van der Waals surface area contributed by atoms with E-state index in [1.807, 2.05) is 6.07 Å². The Balaban J connectivity index is 1.62. The number of H-pyrrole nitrogens is 1. The summed E-state index contributed by atoms with van der Waals surface area (Å²) in [6.07, 6.45) is 5.42. The zero-order valence-corrected chi connectivity index (χ0v) is 16.0. The number of alkyl halides is 2. The summed E-state index contributed by atoms with van der Waals surface area (Å²) in [5.74, 6) is -2.50. The SMILES string of the molecule is C[C@H]1C/C=C\C(F)(F)c2cc(ccn2)Nc2cc([nH]n2)[C@H]2CC[C@H](C2)OC(=O)N1. The molecule has 1 aliphatic carbocycles. The van der Waals surface area contributed by atoms with Crippen molar-refractivity contribution in [3.05, 3.63) is 47.9 Å². The molecule has 1 amide bonds. The van der Waals surface area contributed by atoms with Crippen molar-refractivity contribution < 1.29 is 18.3 Å². The van der Waals surface area contributed by atoms with Gasteiger partial charge in [0, 0.05) is 35.6 Å². The Morgan fingerprint density at radius 1 is 1.28 bits per heavy atom. The van der Waals surface area contributed by atoms with Crippen LogP contribution in [0.25, 0.3) is 0 Å². The molecule has 2 aromatic heterocycles. The monoisotopic (exact) mass is 403 g/mol. The van der Waals surface area contributed by atoms with Crippen molar-refractivity contribution in [3.8, 4) is 0 Å². The number of carbonyl (C=O) groups is 1. The second kappa shape index (κ2) is 7.81. The molecule has 0 spiro atoms. The number of hydrogen-bond acceptors (Lipinski definition) is 5. The lowest BCUT2D eigenvalue weighted by atomic mass is 10.0. The van der Waals surface area contributed by atoms with Gasteiger partial charge in [-0.2, -0.15) is 13.9 Å². The zero-order valence-electron chi connectivity index (χ0n) is 16.0. The fourth-order valence-corrected chi connectivity index (χ4v) is 3.73. The van der Waals surface area contributed by atoms with Crippen molar-refractivity contribution in [2.75, 3.05) is 5.32 Å². The van der Waals surface area contributed by atoms with Gasteiger partial charge in [0.05, 0.1) is 0 Å². The van der Waals surface area contributed by atoms with Gasteiger partial charge in [-0.1, -0.05) is 6.08 Å². The number of pyridine rings is 1. The van der Waals surface area contributed by atoms with Crippen LogP contribution in [-0.4, -0.2) is 33.4 Å². The molecular formula is C20H23F2N5O2. The molecule has 9 heteroatoms. The summed E-state index contributed by atoms with van der Waals surface area (Å²) in [6.45, 7) is 1.74. The van der Waals surface area contributed by atoms with Gasteiger partial charge in [-0.05, 0) is 50.8 Å². The first-order valence-corrected chi connectivity index (χ1v) is 9.70. The number of amides is 1. The summed E-state index contributed by atoms with van der Waals surface area (Å²) in [5, 5.41) is 13.0. The molecule has 0 radical (unpaired) electrons. The summed E-state index contributed by atoms with van der Waals surface area (Å²) in [7, 11) is 0. The maximum Gasteiger partial charge on any atom is 0.407 e. The number of allylic oxidation sites excluding steroid dienone is 1. The van der Waals surface area contributed by atoms with Crippen LogP contribution in [0.3, 0.4) is 0 Å². The number of rotatable bonds is 0. The molecular weight excluding hydrogens is 380 g/mol. The fourth-order valence-electron chi connectivity index (χ4n) is 3.73. The summed E-state index contributed by atoms with van der Waals surface area (Å²) >= 11 is 0. The Bertz CT molecular complexity index is 914. The lowest BCUT2D eigenvalue weighted by Crippen LogP contribution is -2.34. The van der Waals surface area contributed by atoms with Gasteiger partial charge in [-0.25, -0.2) is 4.79 Å². The number of carbonyl (C=O) groups excluding carboxylic acids is 1. The quantitative estimate of drug-likeness (QED) is 0.569. The Labute approximate surface area is 166 Å². The number of fused-ring (bicyclic) bond motifs is 7. The van der Waals surface area contributed by atoms with E-state index in [0.717, 1.165) is 31.0 Å². The topological polar surface area (TPSA) is 91.9 Å². The molecule has 0 aromatic carbocycles. The lowest BCUT2D eigenvalue weighted by molar-refractivity contribution is 0.0469. The maximum atomic E-state index is 14.5. The number of anilines is 2. The summed E-state index contributed by atoms with van der Waals surface area (Å²) < 4.78 is 34.5. The van der Waals surface area contributed by atoms with Gasteiger partial charge in [0.1, 0.15) is 11.8 Å². The second-order valence-electron chi connectivity index (χ2n) is 7.61. The largest absolute Gasteiger partial charge is 0.446 e. The van der Waals surface area contributed by atoms with E-state index in [9.17, 15) is 13.6 Å². The maximum absolute atomic E-state index is 14.5. The lowest BCUT2D eigenvalue weighted by Gasteiger charge is -2.17. The minimum absolute atomic E-state index is 0.173. The van der Waals surface area contributed by atoms with Crippen LogP contribution in [0, 0.1) is 0 Å². The number of aromatic nitrogens is 3. The Hall–Kier alpha value is -2.97. The van der Waals surface area contributed by atoms with Gasteiger partial charge in [0.15, 0.2) is 5.82 Å². The Morgan fingerprint density at radius 3 is 3.00 bits per heavy atom. The third-order valence-corrected chi connectivity index (χ3v) is 5.25. The van der Waals surface area contributed by atoms with Crippen molar-refractivity contribution in [1.82, 2.24) is 20.5 Å². The number of hydrogen-bond donors (Lipinski definition) is 3. The predicted molar refractivity (Wildman–Crippen MR) is 103 cm³/mol. The molecule has 1 aliphatic heterocycles. The molecule has 4 rings (SSSR count). The van der Waals surface area contributed by atoms with E-state index in [0.29, 0.717) is 11.5 Å². The normalized spacial score (nSPS) is 27.7. The van der Waals surface area contributed by atoms with E-state index in [-0.39, 0.29) is 30.2 Å². The Kier molecular flexibility index (Phi) is 5.21. The van der Waals surface area contributed by atoms with Gasteiger partial charge in [0.25, 0.3) is 0 Å².